The lowest BCUT2D eigenvalue weighted by atomic mass is 9.89. The van der Waals surface area contributed by atoms with Crippen LogP contribution in [0.15, 0.2) is 18.2 Å². The Kier molecular flexibility index (Phi) is 5.04. The average molecular weight is 332 g/mol. The number of anilines is 1. The SMILES string of the molecule is COc1cc(N2CCC(CO)CC2)ccc1C1CCC(=O)NC1=O. The fourth-order valence-corrected chi connectivity index (χ4v) is 3.55. The maximum absolute atomic E-state index is 12.1. The van der Waals surface area contributed by atoms with Crippen molar-refractivity contribution in [2.75, 3.05) is 31.7 Å². The second kappa shape index (κ2) is 7.21. The first-order valence-electron chi connectivity index (χ1n) is 8.49. The van der Waals surface area contributed by atoms with Gasteiger partial charge in [-0.3, -0.25) is 14.9 Å². The number of amides is 2. The van der Waals surface area contributed by atoms with Gasteiger partial charge in [0, 0.05) is 43.4 Å². The number of benzene rings is 1. The van der Waals surface area contributed by atoms with Crippen molar-refractivity contribution < 1.29 is 19.4 Å². The summed E-state index contributed by atoms with van der Waals surface area (Å²) in [4.78, 5) is 25.7. The normalized spacial score (nSPS) is 22.4. The number of hydrogen-bond acceptors (Lipinski definition) is 5. The molecule has 0 aromatic heterocycles. The third kappa shape index (κ3) is 3.38. The lowest BCUT2D eigenvalue weighted by Gasteiger charge is -2.33. The van der Waals surface area contributed by atoms with Crippen molar-refractivity contribution in [1.82, 2.24) is 5.32 Å². The van der Waals surface area contributed by atoms with Crippen LogP contribution < -0.4 is 15.0 Å². The largest absolute Gasteiger partial charge is 0.496 e. The summed E-state index contributed by atoms with van der Waals surface area (Å²) >= 11 is 0. The number of ether oxygens (including phenoxy) is 1. The van der Waals surface area contributed by atoms with E-state index >= 15 is 0 Å². The van der Waals surface area contributed by atoms with Gasteiger partial charge in [-0.15, -0.1) is 0 Å². The Morgan fingerprint density at radius 2 is 2.00 bits per heavy atom. The minimum atomic E-state index is -0.341. The molecule has 2 amide bonds. The highest BCUT2D eigenvalue weighted by molar-refractivity contribution is 6.01. The number of hydrogen-bond donors (Lipinski definition) is 2. The highest BCUT2D eigenvalue weighted by atomic mass is 16.5. The molecule has 1 unspecified atom stereocenters. The topological polar surface area (TPSA) is 78.9 Å². The molecule has 0 radical (unpaired) electrons. The van der Waals surface area contributed by atoms with Crippen LogP contribution in [-0.2, 0) is 9.59 Å². The molecule has 0 spiro atoms. The lowest BCUT2D eigenvalue weighted by Crippen LogP contribution is -2.39. The van der Waals surface area contributed by atoms with Gasteiger partial charge in [0.25, 0.3) is 0 Å². The van der Waals surface area contributed by atoms with Crippen LogP contribution in [0, 0.1) is 5.92 Å². The van der Waals surface area contributed by atoms with E-state index in [2.05, 4.69) is 10.2 Å². The molecule has 6 heteroatoms. The molecule has 1 aromatic rings. The van der Waals surface area contributed by atoms with Gasteiger partial charge >= 0.3 is 0 Å². The maximum atomic E-state index is 12.1. The third-order valence-corrected chi connectivity index (χ3v) is 5.07. The lowest BCUT2D eigenvalue weighted by molar-refractivity contribution is -0.134. The maximum Gasteiger partial charge on any atom is 0.234 e. The second-order valence-electron chi connectivity index (χ2n) is 6.54. The van der Waals surface area contributed by atoms with Crippen LogP contribution in [-0.4, -0.2) is 43.7 Å². The van der Waals surface area contributed by atoms with Crippen LogP contribution in [0.4, 0.5) is 5.69 Å². The number of methoxy groups -OCH3 is 1. The third-order valence-electron chi connectivity index (χ3n) is 5.07. The van der Waals surface area contributed by atoms with Crippen molar-refractivity contribution in [3.05, 3.63) is 23.8 Å². The quantitative estimate of drug-likeness (QED) is 0.816. The minimum Gasteiger partial charge on any atom is -0.496 e. The monoisotopic (exact) mass is 332 g/mol. The first-order chi connectivity index (χ1) is 11.6. The van der Waals surface area contributed by atoms with Crippen LogP contribution >= 0.6 is 0 Å². The van der Waals surface area contributed by atoms with E-state index in [4.69, 9.17) is 4.74 Å². The highest BCUT2D eigenvalue weighted by Crippen LogP contribution is 2.35. The molecule has 3 rings (SSSR count). The summed E-state index contributed by atoms with van der Waals surface area (Å²) < 4.78 is 5.52. The molecule has 24 heavy (non-hydrogen) atoms. The van der Waals surface area contributed by atoms with Crippen LogP contribution in [0.3, 0.4) is 0 Å². The second-order valence-corrected chi connectivity index (χ2v) is 6.54. The molecule has 2 aliphatic heterocycles. The van der Waals surface area contributed by atoms with E-state index in [1.165, 1.54) is 0 Å². The predicted molar refractivity (Wildman–Crippen MR) is 90.1 cm³/mol. The van der Waals surface area contributed by atoms with Gasteiger partial charge < -0.3 is 14.7 Å². The van der Waals surface area contributed by atoms with Gasteiger partial charge in [0.15, 0.2) is 0 Å². The summed E-state index contributed by atoms with van der Waals surface area (Å²) in [6, 6.07) is 5.92. The Balaban J connectivity index is 1.78. The van der Waals surface area contributed by atoms with E-state index in [1.807, 2.05) is 18.2 Å². The number of aliphatic hydroxyl groups excluding tert-OH is 1. The first-order valence-corrected chi connectivity index (χ1v) is 8.49. The summed E-state index contributed by atoms with van der Waals surface area (Å²) in [6.07, 6.45) is 2.83. The molecular weight excluding hydrogens is 308 g/mol. The first kappa shape index (κ1) is 16.8. The molecule has 2 fully saturated rings. The number of rotatable bonds is 4. The van der Waals surface area contributed by atoms with Gasteiger partial charge in [-0.2, -0.15) is 0 Å². The fourth-order valence-electron chi connectivity index (χ4n) is 3.55. The number of aliphatic hydroxyl groups is 1. The van der Waals surface area contributed by atoms with Crippen molar-refractivity contribution in [2.24, 2.45) is 5.92 Å². The zero-order chi connectivity index (χ0) is 17.1. The molecule has 1 atom stereocenters. The Morgan fingerprint density at radius 1 is 1.25 bits per heavy atom. The molecule has 2 saturated heterocycles. The van der Waals surface area contributed by atoms with Crippen molar-refractivity contribution >= 4 is 17.5 Å². The number of carbonyl (C=O) groups is 2. The zero-order valence-electron chi connectivity index (χ0n) is 14.0. The summed E-state index contributed by atoms with van der Waals surface area (Å²) in [5, 5.41) is 11.7. The van der Waals surface area contributed by atoms with E-state index in [0.29, 0.717) is 24.5 Å². The van der Waals surface area contributed by atoms with Crippen LogP contribution in [0.2, 0.25) is 0 Å². The van der Waals surface area contributed by atoms with Gasteiger partial charge in [0.05, 0.1) is 13.0 Å². The molecule has 0 saturated carbocycles. The van der Waals surface area contributed by atoms with Crippen molar-refractivity contribution in [3.8, 4) is 5.75 Å². The van der Waals surface area contributed by atoms with Crippen molar-refractivity contribution in [3.63, 3.8) is 0 Å². The van der Waals surface area contributed by atoms with Crippen LogP contribution in [0.25, 0.3) is 0 Å². The van der Waals surface area contributed by atoms with Gasteiger partial charge in [-0.25, -0.2) is 0 Å². The molecule has 0 aliphatic carbocycles. The summed E-state index contributed by atoms with van der Waals surface area (Å²) in [6.45, 7) is 2.07. The van der Waals surface area contributed by atoms with E-state index in [1.54, 1.807) is 7.11 Å². The predicted octanol–water partition coefficient (Wildman–Crippen LogP) is 1.42. The molecular formula is C18H24N2O4. The van der Waals surface area contributed by atoms with Gasteiger partial charge in [0.1, 0.15) is 5.75 Å². The van der Waals surface area contributed by atoms with Crippen molar-refractivity contribution in [2.45, 2.75) is 31.6 Å². The van der Waals surface area contributed by atoms with Gasteiger partial charge in [0.2, 0.25) is 11.8 Å². The Labute approximate surface area is 141 Å². The molecule has 6 nitrogen and oxygen atoms in total. The van der Waals surface area contributed by atoms with Crippen LogP contribution in [0.5, 0.6) is 5.75 Å². The number of carbonyl (C=O) groups excluding carboxylic acids is 2. The number of piperidine rings is 2. The van der Waals surface area contributed by atoms with Gasteiger partial charge in [-0.05, 0) is 31.2 Å². The Bertz CT molecular complexity index is 623. The molecule has 2 aliphatic rings. The Hall–Kier alpha value is -2.08. The summed E-state index contributed by atoms with van der Waals surface area (Å²) in [5.74, 6) is 0.281. The molecule has 130 valence electrons. The standard InChI is InChI=1S/C18H24N2O4/c1-24-16-10-13(20-8-6-12(11-21)7-9-20)2-3-14(16)15-4-5-17(22)19-18(15)23/h2-3,10,12,15,21H,4-9,11H2,1H3,(H,19,22,23). The molecule has 2 N–H and O–H groups in total. The number of nitrogens with one attached hydrogen (secondary N) is 1. The van der Waals surface area contributed by atoms with Crippen molar-refractivity contribution in [1.29, 1.82) is 0 Å². The summed E-state index contributed by atoms with van der Waals surface area (Å²) in [5.41, 5.74) is 1.90. The summed E-state index contributed by atoms with van der Waals surface area (Å²) in [7, 11) is 1.60. The highest BCUT2D eigenvalue weighted by Gasteiger charge is 2.30. The van der Waals surface area contributed by atoms with E-state index in [0.717, 1.165) is 37.2 Å². The van der Waals surface area contributed by atoms with E-state index in [-0.39, 0.29) is 24.3 Å². The average Bonchev–Trinajstić information content (AvgIpc) is 2.61. The number of imide groups is 1. The molecule has 1 aromatic carbocycles. The molecule has 2 heterocycles. The number of nitrogens with zero attached hydrogens (tertiary/aromatic N) is 1. The fraction of sp³-hybridized carbons (Fsp3) is 0.556. The minimum absolute atomic E-state index is 0.210. The van der Waals surface area contributed by atoms with Crippen LogP contribution in [0.1, 0.15) is 37.2 Å². The smallest absolute Gasteiger partial charge is 0.234 e. The van der Waals surface area contributed by atoms with Gasteiger partial charge in [-0.1, -0.05) is 6.07 Å². The Morgan fingerprint density at radius 3 is 2.62 bits per heavy atom. The molecule has 0 bridgehead atoms. The van der Waals surface area contributed by atoms with E-state index < -0.39 is 0 Å². The zero-order valence-corrected chi connectivity index (χ0v) is 14.0. The van der Waals surface area contributed by atoms with E-state index in [9.17, 15) is 14.7 Å².